The van der Waals surface area contributed by atoms with Crippen molar-refractivity contribution in [2.45, 2.75) is 0 Å². The molecule has 0 atom stereocenters. The topological polar surface area (TPSA) is 66.5 Å². The molecule has 3 aromatic rings. The first-order valence-electron chi connectivity index (χ1n) is 7.85. The van der Waals surface area contributed by atoms with Gasteiger partial charge in [-0.25, -0.2) is 4.79 Å². The Morgan fingerprint density at radius 3 is 2.48 bits per heavy atom. The average Bonchev–Trinajstić information content (AvgIpc) is 2.61. The molecule has 1 heterocycles. The second-order valence-corrected chi connectivity index (χ2v) is 5.73. The minimum atomic E-state index is -0.323. The third-order valence-corrected chi connectivity index (χ3v) is 3.84. The summed E-state index contributed by atoms with van der Waals surface area (Å²) in [5.41, 5.74) is 3.18. The van der Waals surface area contributed by atoms with Crippen LogP contribution < -0.4 is 20.3 Å². The molecule has 0 radical (unpaired) electrons. The van der Waals surface area contributed by atoms with Crippen molar-refractivity contribution >= 4 is 34.0 Å². The van der Waals surface area contributed by atoms with E-state index in [0.717, 1.165) is 16.6 Å². The van der Waals surface area contributed by atoms with Gasteiger partial charge in [0.2, 0.25) is 0 Å². The number of carbonyl (C=O) groups excluding carboxylic acids is 1. The van der Waals surface area contributed by atoms with Crippen LogP contribution in [-0.2, 0) is 0 Å². The fraction of sp³-hybridized carbons (Fsp3) is 0.158. The largest absolute Gasteiger partial charge is 0.496 e. The number of rotatable bonds is 4. The van der Waals surface area contributed by atoms with Crippen molar-refractivity contribution in [2.24, 2.45) is 0 Å². The summed E-state index contributed by atoms with van der Waals surface area (Å²) in [7, 11) is 5.53. The molecule has 0 aliphatic heterocycles. The maximum Gasteiger partial charge on any atom is 0.323 e. The number of hydrogen-bond acceptors (Lipinski definition) is 4. The predicted octanol–water partition coefficient (Wildman–Crippen LogP) is 3.95. The number of methoxy groups -OCH3 is 1. The molecule has 25 heavy (non-hydrogen) atoms. The van der Waals surface area contributed by atoms with Crippen molar-refractivity contribution in [3.63, 3.8) is 0 Å². The Morgan fingerprint density at radius 1 is 1.04 bits per heavy atom. The Hall–Kier alpha value is -3.28. The van der Waals surface area contributed by atoms with Gasteiger partial charge in [-0.2, -0.15) is 0 Å². The van der Waals surface area contributed by atoms with Crippen molar-refractivity contribution in [1.82, 2.24) is 4.98 Å². The van der Waals surface area contributed by atoms with Crippen LogP contribution in [0.1, 0.15) is 0 Å². The lowest BCUT2D eigenvalue weighted by Gasteiger charge is -2.14. The van der Waals surface area contributed by atoms with Gasteiger partial charge in [-0.1, -0.05) is 6.07 Å². The number of nitrogens with zero attached hydrogens (tertiary/aromatic N) is 2. The maximum absolute atomic E-state index is 12.4. The summed E-state index contributed by atoms with van der Waals surface area (Å²) in [4.78, 5) is 18.7. The molecular formula is C19H20N4O2. The van der Waals surface area contributed by atoms with Crippen LogP contribution in [0.25, 0.3) is 10.9 Å². The molecule has 6 nitrogen and oxygen atoms in total. The van der Waals surface area contributed by atoms with Crippen LogP contribution in [0, 0.1) is 0 Å². The smallest absolute Gasteiger partial charge is 0.323 e. The normalized spacial score (nSPS) is 10.4. The fourth-order valence-corrected chi connectivity index (χ4v) is 2.58. The summed E-state index contributed by atoms with van der Waals surface area (Å²) in [6.45, 7) is 0. The van der Waals surface area contributed by atoms with Crippen LogP contribution in [0.5, 0.6) is 5.75 Å². The second-order valence-electron chi connectivity index (χ2n) is 5.73. The van der Waals surface area contributed by atoms with E-state index in [9.17, 15) is 4.79 Å². The molecule has 0 aliphatic rings. The molecule has 6 heteroatoms. The van der Waals surface area contributed by atoms with Crippen molar-refractivity contribution in [1.29, 1.82) is 0 Å². The van der Waals surface area contributed by atoms with E-state index >= 15 is 0 Å². The SMILES string of the molecule is COc1cccc2nccc(NC(=O)Nc3ccc(N(C)C)cc3)c12. The van der Waals surface area contributed by atoms with Crippen LogP contribution >= 0.6 is 0 Å². The lowest BCUT2D eigenvalue weighted by atomic mass is 10.1. The Kier molecular flexibility index (Phi) is 4.70. The fourth-order valence-electron chi connectivity index (χ4n) is 2.58. The summed E-state index contributed by atoms with van der Waals surface area (Å²) < 4.78 is 5.39. The van der Waals surface area contributed by atoms with E-state index < -0.39 is 0 Å². The standard InChI is InChI=1S/C19H20N4O2/c1-23(2)14-9-7-13(8-10-14)21-19(24)22-16-11-12-20-15-5-4-6-17(25-3)18(15)16/h4-12H,1-3H3,(H2,20,21,22,24). The van der Waals surface area contributed by atoms with E-state index in [1.54, 1.807) is 19.4 Å². The van der Waals surface area contributed by atoms with Gasteiger partial charge in [0.05, 0.1) is 23.7 Å². The highest BCUT2D eigenvalue weighted by Gasteiger charge is 2.10. The van der Waals surface area contributed by atoms with Crippen LogP contribution in [0.4, 0.5) is 21.9 Å². The molecule has 3 rings (SSSR count). The van der Waals surface area contributed by atoms with Gasteiger partial charge in [0.25, 0.3) is 0 Å². The molecule has 2 amide bonds. The number of urea groups is 1. The van der Waals surface area contributed by atoms with Gasteiger partial charge in [0.1, 0.15) is 5.75 Å². The quantitative estimate of drug-likeness (QED) is 0.757. The molecule has 2 aromatic carbocycles. The van der Waals surface area contributed by atoms with Gasteiger partial charge < -0.3 is 20.3 Å². The van der Waals surface area contributed by atoms with Crippen molar-refractivity contribution in [3.8, 4) is 5.75 Å². The molecule has 128 valence electrons. The van der Waals surface area contributed by atoms with Gasteiger partial charge >= 0.3 is 6.03 Å². The molecule has 0 aliphatic carbocycles. The number of benzene rings is 2. The van der Waals surface area contributed by atoms with Gasteiger partial charge in [0, 0.05) is 31.7 Å². The number of carbonyl (C=O) groups is 1. The predicted molar refractivity (Wildman–Crippen MR) is 102 cm³/mol. The molecule has 0 saturated carbocycles. The third-order valence-electron chi connectivity index (χ3n) is 3.84. The van der Waals surface area contributed by atoms with Gasteiger partial charge in [0.15, 0.2) is 0 Å². The lowest BCUT2D eigenvalue weighted by molar-refractivity contribution is 0.262. The van der Waals surface area contributed by atoms with Gasteiger partial charge in [-0.05, 0) is 42.5 Å². The number of ether oxygens (including phenoxy) is 1. The number of aromatic nitrogens is 1. The molecular weight excluding hydrogens is 316 g/mol. The minimum Gasteiger partial charge on any atom is -0.496 e. The van der Waals surface area contributed by atoms with E-state index in [1.807, 2.05) is 61.5 Å². The second kappa shape index (κ2) is 7.09. The van der Waals surface area contributed by atoms with Crippen molar-refractivity contribution in [2.75, 3.05) is 36.7 Å². The zero-order chi connectivity index (χ0) is 17.8. The zero-order valence-corrected chi connectivity index (χ0v) is 14.4. The molecule has 1 aromatic heterocycles. The number of pyridine rings is 1. The van der Waals surface area contributed by atoms with E-state index in [-0.39, 0.29) is 6.03 Å². The lowest BCUT2D eigenvalue weighted by Crippen LogP contribution is -2.19. The van der Waals surface area contributed by atoms with Crippen molar-refractivity contribution in [3.05, 3.63) is 54.7 Å². The maximum atomic E-state index is 12.4. The first kappa shape index (κ1) is 16.6. The third kappa shape index (κ3) is 3.63. The van der Waals surface area contributed by atoms with E-state index in [4.69, 9.17) is 4.74 Å². The Bertz CT molecular complexity index is 886. The summed E-state index contributed by atoms with van der Waals surface area (Å²) in [6, 6.07) is 14.6. The van der Waals surface area contributed by atoms with Gasteiger partial charge in [-0.3, -0.25) is 4.98 Å². The summed E-state index contributed by atoms with van der Waals surface area (Å²) in [6.07, 6.45) is 1.66. The monoisotopic (exact) mass is 336 g/mol. The molecule has 0 unspecified atom stereocenters. The van der Waals surface area contributed by atoms with Crippen LogP contribution in [0.3, 0.4) is 0 Å². The molecule has 0 saturated heterocycles. The highest BCUT2D eigenvalue weighted by atomic mass is 16.5. The Morgan fingerprint density at radius 2 is 1.80 bits per heavy atom. The Labute approximate surface area is 146 Å². The summed E-state index contributed by atoms with van der Waals surface area (Å²) in [5.74, 6) is 0.663. The summed E-state index contributed by atoms with van der Waals surface area (Å²) in [5, 5.41) is 6.46. The molecule has 0 fully saturated rings. The number of nitrogens with one attached hydrogen (secondary N) is 2. The minimum absolute atomic E-state index is 0.323. The molecule has 2 N–H and O–H groups in total. The Balaban J connectivity index is 1.80. The van der Waals surface area contributed by atoms with Crippen LogP contribution in [0.15, 0.2) is 54.7 Å². The number of amides is 2. The average molecular weight is 336 g/mol. The van der Waals surface area contributed by atoms with Crippen LogP contribution in [-0.4, -0.2) is 32.2 Å². The number of anilines is 3. The summed E-state index contributed by atoms with van der Waals surface area (Å²) >= 11 is 0. The van der Waals surface area contributed by atoms with Gasteiger partial charge in [-0.15, -0.1) is 0 Å². The van der Waals surface area contributed by atoms with Crippen LogP contribution in [0.2, 0.25) is 0 Å². The van der Waals surface area contributed by atoms with E-state index in [1.165, 1.54) is 0 Å². The van der Waals surface area contributed by atoms with E-state index in [2.05, 4.69) is 15.6 Å². The van der Waals surface area contributed by atoms with E-state index in [0.29, 0.717) is 17.1 Å². The zero-order valence-electron chi connectivity index (χ0n) is 14.4. The highest BCUT2D eigenvalue weighted by molar-refractivity contribution is 6.07. The van der Waals surface area contributed by atoms with Crippen molar-refractivity contribution < 1.29 is 9.53 Å². The number of fused-ring (bicyclic) bond motifs is 1. The highest BCUT2D eigenvalue weighted by Crippen LogP contribution is 2.30. The first-order chi connectivity index (χ1) is 12.1. The molecule has 0 spiro atoms. The number of hydrogen-bond donors (Lipinski definition) is 2. The first-order valence-corrected chi connectivity index (χ1v) is 7.85. The molecule has 0 bridgehead atoms.